The van der Waals surface area contributed by atoms with Gasteiger partial charge in [0, 0.05) is 31.6 Å². The monoisotopic (exact) mass is 482 g/mol. The number of aromatic nitrogens is 2. The van der Waals surface area contributed by atoms with E-state index in [1.54, 1.807) is 30.5 Å². The molecular formula is C21H30N4O5S2. The highest BCUT2D eigenvalue weighted by Gasteiger charge is 2.37. The van der Waals surface area contributed by atoms with E-state index in [2.05, 4.69) is 12.0 Å². The summed E-state index contributed by atoms with van der Waals surface area (Å²) in [5.41, 5.74) is 2.14. The van der Waals surface area contributed by atoms with Crippen LogP contribution >= 0.6 is 11.3 Å². The number of amides is 1. The fraction of sp³-hybridized carbons (Fsp3) is 0.571. The minimum atomic E-state index is -3.85. The fourth-order valence-electron chi connectivity index (χ4n) is 3.99. The molecule has 3 heterocycles. The van der Waals surface area contributed by atoms with Crippen molar-refractivity contribution in [3.8, 4) is 0 Å². The third kappa shape index (κ3) is 4.33. The second kappa shape index (κ2) is 9.72. The molecule has 0 radical (unpaired) electrons. The minimum Gasteiger partial charge on any atom is -0.465 e. The molecule has 0 aromatic carbocycles. The zero-order valence-corrected chi connectivity index (χ0v) is 20.8. The highest BCUT2D eigenvalue weighted by molar-refractivity contribution is 7.91. The number of hydrogen-bond acceptors (Lipinski definition) is 7. The molecule has 2 aromatic heterocycles. The van der Waals surface area contributed by atoms with E-state index in [0.717, 1.165) is 29.9 Å². The lowest BCUT2D eigenvalue weighted by molar-refractivity contribution is 0.0595. The maximum Gasteiger partial charge on any atom is 0.340 e. The van der Waals surface area contributed by atoms with Crippen molar-refractivity contribution in [2.75, 3.05) is 26.7 Å². The van der Waals surface area contributed by atoms with E-state index in [1.165, 1.54) is 11.4 Å². The van der Waals surface area contributed by atoms with Crippen LogP contribution in [0.25, 0.3) is 0 Å². The highest BCUT2D eigenvalue weighted by atomic mass is 32.2. The maximum absolute atomic E-state index is 13.2. The highest BCUT2D eigenvalue weighted by Crippen LogP contribution is 2.38. The zero-order chi connectivity index (χ0) is 23.6. The topological polar surface area (TPSA) is 102 Å². The van der Waals surface area contributed by atoms with Crippen molar-refractivity contribution in [1.29, 1.82) is 0 Å². The summed E-state index contributed by atoms with van der Waals surface area (Å²) in [5, 5.41) is 4.41. The molecule has 0 bridgehead atoms. The van der Waals surface area contributed by atoms with Gasteiger partial charge in [0.05, 0.1) is 24.9 Å². The number of methoxy groups -OCH3 is 1. The quantitative estimate of drug-likeness (QED) is 0.536. The Morgan fingerprint density at radius 1 is 1.25 bits per heavy atom. The smallest absolute Gasteiger partial charge is 0.340 e. The average Bonchev–Trinajstić information content (AvgIpc) is 3.33. The third-order valence-corrected chi connectivity index (χ3v) is 9.40. The first-order chi connectivity index (χ1) is 15.2. The molecule has 0 aliphatic carbocycles. The summed E-state index contributed by atoms with van der Waals surface area (Å²) in [6.45, 7) is 6.79. The van der Waals surface area contributed by atoms with E-state index >= 15 is 0 Å². The van der Waals surface area contributed by atoms with E-state index < -0.39 is 16.0 Å². The van der Waals surface area contributed by atoms with Crippen LogP contribution in [0.1, 0.15) is 64.2 Å². The van der Waals surface area contributed by atoms with Gasteiger partial charge in [-0.2, -0.15) is 9.40 Å². The Bertz CT molecular complexity index is 1120. The molecule has 2 aromatic rings. The zero-order valence-electron chi connectivity index (χ0n) is 19.2. The summed E-state index contributed by atoms with van der Waals surface area (Å²) in [6.07, 6.45) is 2.12. The Balaban J connectivity index is 1.99. The lowest BCUT2D eigenvalue weighted by atomic mass is 10.0. The second-order valence-electron chi connectivity index (χ2n) is 7.62. The van der Waals surface area contributed by atoms with Gasteiger partial charge in [0.25, 0.3) is 15.9 Å². The van der Waals surface area contributed by atoms with Gasteiger partial charge in [0.2, 0.25) is 0 Å². The van der Waals surface area contributed by atoms with E-state index in [-0.39, 0.29) is 22.2 Å². The number of sulfonamides is 1. The van der Waals surface area contributed by atoms with E-state index in [1.807, 2.05) is 6.07 Å². The first kappa shape index (κ1) is 24.4. The van der Waals surface area contributed by atoms with Crippen molar-refractivity contribution in [2.24, 2.45) is 7.05 Å². The molecule has 9 nitrogen and oxygen atoms in total. The number of nitrogens with zero attached hydrogens (tertiary/aromatic N) is 4. The van der Waals surface area contributed by atoms with Gasteiger partial charge < -0.3 is 9.64 Å². The van der Waals surface area contributed by atoms with Crippen molar-refractivity contribution in [2.45, 2.75) is 50.8 Å². The van der Waals surface area contributed by atoms with Crippen LogP contribution in [0.15, 0.2) is 10.3 Å². The predicted octanol–water partition coefficient (Wildman–Crippen LogP) is 2.45. The van der Waals surface area contributed by atoms with Crippen LogP contribution in [0.2, 0.25) is 0 Å². The summed E-state index contributed by atoms with van der Waals surface area (Å²) < 4.78 is 34.3. The summed E-state index contributed by atoms with van der Waals surface area (Å²) in [5.74, 6) is -0.821. The van der Waals surface area contributed by atoms with E-state index in [4.69, 9.17) is 4.74 Å². The molecule has 11 heteroatoms. The van der Waals surface area contributed by atoms with Gasteiger partial charge in [-0.25, -0.2) is 13.2 Å². The number of aryl methyl sites for hydroxylation is 2. The van der Waals surface area contributed by atoms with Crippen LogP contribution in [0, 0.1) is 0 Å². The van der Waals surface area contributed by atoms with Crippen LogP contribution in [0.3, 0.4) is 0 Å². The first-order valence-corrected chi connectivity index (χ1v) is 13.0. The van der Waals surface area contributed by atoms with Gasteiger partial charge in [-0.1, -0.05) is 27.2 Å². The van der Waals surface area contributed by atoms with Crippen molar-refractivity contribution >= 4 is 33.2 Å². The van der Waals surface area contributed by atoms with Crippen LogP contribution in [0.5, 0.6) is 0 Å². The van der Waals surface area contributed by atoms with Crippen LogP contribution in [-0.4, -0.2) is 66.0 Å². The fourth-order valence-corrected chi connectivity index (χ4v) is 7.49. The number of fused-ring (bicyclic) bond motifs is 1. The van der Waals surface area contributed by atoms with Crippen molar-refractivity contribution in [3.63, 3.8) is 0 Å². The molecule has 0 saturated carbocycles. The van der Waals surface area contributed by atoms with Crippen molar-refractivity contribution in [3.05, 3.63) is 33.5 Å². The molecule has 0 N–H and O–H groups in total. The Morgan fingerprint density at radius 3 is 2.53 bits per heavy atom. The second-order valence-corrected chi connectivity index (χ2v) is 10.9. The SMILES string of the molecule is CCCc1cc(C(=O)N2CCc3c(sc(S(=O)(=O)N(CC)CC)c3C(=O)OC)C2)n(C)n1. The lowest BCUT2D eigenvalue weighted by Gasteiger charge is -2.27. The molecule has 176 valence electrons. The number of ether oxygens (including phenoxy) is 1. The molecule has 0 unspecified atom stereocenters. The van der Waals surface area contributed by atoms with Crippen LogP contribution in [0.4, 0.5) is 0 Å². The number of hydrogen-bond donors (Lipinski definition) is 0. The molecular weight excluding hydrogens is 452 g/mol. The average molecular weight is 483 g/mol. The van der Waals surface area contributed by atoms with Crippen molar-refractivity contribution in [1.82, 2.24) is 19.0 Å². The number of thiophene rings is 1. The molecule has 0 atom stereocenters. The Labute approximate surface area is 193 Å². The summed E-state index contributed by atoms with van der Waals surface area (Å²) >= 11 is 1.06. The van der Waals surface area contributed by atoms with E-state index in [9.17, 15) is 18.0 Å². The minimum absolute atomic E-state index is 0.00175. The molecule has 1 aliphatic rings. The Kier molecular flexibility index (Phi) is 7.41. The summed E-state index contributed by atoms with van der Waals surface area (Å²) in [6, 6.07) is 1.81. The van der Waals surface area contributed by atoms with Gasteiger partial charge in [0.15, 0.2) is 0 Å². The molecule has 3 rings (SSSR count). The van der Waals surface area contributed by atoms with E-state index in [0.29, 0.717) is 42.2 Å². The number of rotatable bonds is 8. The van der Waals surface area contributed by atoms with Crippen LogP contribution in [-0.2, 0) is 41.2 Å². The number of esters is 1. The van der Waals surface area contributed by atoms with Gasteiger partial charge >= 0.3 is 5.97 Å². The van der Waals surface area contributed by atoms with Gasteiger partial charge in [-0.15, -0.1) is 11.3 Å². The molecule has 0 saturated heterocycles. The van der Waals surface area contributed by atoms with Gasteiger partial charge in [0.1, 0.15) is 9.90 Å². The predicted molar refractivity (Wildman–Crippen MR) is 121 cm³/mol. The molecule has 0 spiro atoms. The molecule has 32 heavy (non-hydrogen) atoms. The first-order valence-electron chi connectivity index (χ1n) is 10.7. The van der Waals surface area contributed by atoms with Crippen LogP contribution < -0.4 is 0 Å². The lowest BCUT2D eigenvalue weighted by Crippen LogP contribution is -2.36. The van der Waals surface area contributed by atoms with Gasteiger partial charge in [-0.05, 0) is 24.5 Å². The van der Waals surface area contributed by atoms with Gasteiger partial charge in [-0.3, -0.25) is 9.48 Å². The molecule has 0 fully saturated rings. The number of carbonyl (C=O) groups is 2. The Hall–Kier alpha value is -2.24. The maximum atomic E-state index is 13.2. The molecule has 1 aliphatic heterocycles. The Morgan fingerprint density at radius 2 is 1.94 bits per heavy atom. The third-order valence-electron chi connectivity index (χ3n) is 5.64. The number of carbonyl (C=O) groups excluding carboxylic acids is 2. The van der Waals surface area contributed by atoms with Crippen molar-refractivity contribution < 1.29 is 22.7 Å². The summed E-state index contributed by atoms with van der Waals surface area (Å²) in [7, 11) is -0.855. The largest absolute Gasteiger partial charge is 0.465 e. The standard InChI is InChI=1S/C21H30N4O5S2/c1-6-9-14-12-16(23(4)22-14)19(26)24-11-10-15-17(13-24)31-21(18(15)20(27)30-5)32(28,29)25(7-2)8-3/h12H,6-11,13H2,1-5H3. The summed E-state index contributed by atoms with van der Waals surface area (Å²) in [4.78, 5) is 28.1. The molecule has 1 amide bonds. The normalized spacial score (nSPS) is 14.0.